The molecule has 2 aromatic rings. The lowest BCUT2D eigenvalue weighted by Gasteiger charge is -2.15. The number of amides is 1. The highest BCUT2D eigenvalue weighted by Crippen LogP contribution is 2.55. The number of carbonyl (C=O) groups excluding carboxylic acids is 2. The molecule has 1 amide bonds. The number of esters is 1. The maximum absolute atomic E-state index is 12.1. The summed E-state index contributed by atoms with van der Waals surface area (Å²) in [5, 5.41) is 0. The molecule has 0 spiro atoms. The van der Waals surface area contributed by atoms with Crippen LogP contribution in [-0.2, 0) is 27.4 Å². The molecule has 0 bridgehead atoms. The Morgan fingerprint density at radius 1 is 1.12 bits per heavy atom. The van der Waals surface area contributed by atoms with Crippen LogP contribution >= 0.6 is 0 Å². The Morgan fingerprint density at radius 2 is 1.84 bits per heavy atom. The third-order valence-corrected chi connectivity index (χ3v) is 4.68. The van der Waals surface area contributed by atoms with Crippen LogP contribution in [0.3, 0.4) is 0 Å². The van der Waals surface area contributed by atoms with Crippen LogP contribution in [0.5, 0.6) is 5.75 Å². The molecule has 2 atom stereocenters. The van der Waals surface area contributed by atoms with E-state index in [0.29, 0.717) is 19.4 Å². The van der Waals surface area contributed by atoms with E-state index in [0.717, 1.165) is 16.9 Å². The zero-order valence-electron chi connectivity index (χ0n) is 14.1. The molecule has 2 aromatic carbocycles. The quantitative estimate of drug-likeness (QED) is 0.786. The van der Waals surface area contributed by atoms with E-state index in [9.17, 15) is 9.59 Å². The van der Waals surface area contributed by atoms with Crippen molar-refractivity contribution in [2.45, 2.75) is 19.4 Å². The van der Waals surface area contributed by atoms with Crippen molar-refractivity contribution in [2.24, 2.45) is 17.1 Å². The number of nitrogens with two attached hydrogens (primary N) is 1. The van der Waals surface area contributed by atoms with Gasteiger partial charge in [-0.05, 0) is 36.1 Å². The molecule has 0 aromatic heterocycles. The van der Waals surface area contributed by atoms with Crippen molar-refractivity contribution in [2.75, 3.05) is 7.11 Å². The van der Waals surface area contributed by atoms with Gasteiger partial charge in [-0.15, -0.1) is 0 Å². The summed E-state index contributed by atoms with van der Waals surface area (Å²) in [6, 6.07) is 17.4. The van der Waals surface area contributed by atoms with Gasteiger partial charge in [0.1, 0.15) is 12.4 Å². The van der Waals surface area contributed by atoms with Crippen molar-refractivity contribution in [3.05, 3.63) is 65.7 Å². The summed E-state index contributed by atoms with van der Waals surface area (Å²) in [5.41, 5.74) is 6.55. The maximum Gasteiger partial charge on any atom is 0.312 e. The first-order valence-electron chi connectivity index (χ1n) is 8.18. The van der Waals surface area contributed by atoms with Crippen molar-refractivity contribution in [1.29, 1.82) is 0 Å². The molecular formula is C20H21NO4. The summed E-state index contributed by atoms with van der Waals surface area (Å²) in [6.45, 7) is 0.469. The summed E-state index contributed by atoms with van der Waals surface area (Å²) >= 11 is 0. The van der Waals surface area contributed by atoms with E-state index in [1.165, 1.54) is 7.11 Å². The number of rotatable bonds is 7. The maximum atomic E-state index is 12.1. The molecule has 1 aliphatic rings. The molecule has 1 aliphatic carbocycles. The zero-order valence-corrected chi connectivity index (χ0v) is 14.1. The van der Waals surface area contributed by atoms with Crippen molar-refractivity contribution in [1.82, 2.24) is 0 Å². The van der Waals surface area contributed by atoms with Gasteiger partial charge >= 0.3 is 5.97 Å². The first kappa shape index (κ1) is 17.0. The monoisotopic (exact) mass is 339 g/mol. The van der Waals surface area contributed by atoms with Crippen molar-refractivity contribution in [3.8, 4) is 5.75 Å². The van der Waals surface area contributed by atoms with Crippen LogP contribution in [0.1, 0.15) is 17.5 Å². The van der Waals surface area contributed by atoms with Gasteiger partial charge in [0.2, 0.25) is 5.91 Å². The molecule has 5 heteroatoms. The van der Waals surface area contributed by atoms with Crippen molar-refractivity contribution >= 4 is 11.9 Å². The van der Waals surface area contributed by atoms with Crippen LogP contribution in [0.4, 0.5) is 0 Å². The van der Waals surface area contributed by atoms with Crippen LogP contribution in [0.15, 0.2) is 54.6 Å². The van der Waals surface area contributed by atoms with Crippen LogP contribution in [-0.4, -0.2) is 19.0 Å². The van der Waals surface area contributed by atoms with Crippen LogP contribution in [0.2, 0.25) is 0 Å². The van der Waals surface area contributed by atoms with Gasteiger partial charge in [-0.3, -0.25) is 9.59 Å². The molecule has 0 radical (unpaired) electrons. The second kappa shape index (κ2) is 6.97. The Balaban J connectivity index is 1.71. The first-order valence-corrected chi connectivity index (χ1v) is 8.18. The zero-order chi connectivity index (χ0) is 17.9. The Kier molecular flexibility index (Phi) is 4.74. The third-order valence-electron chi connectivity index (χ3n) is 4.68. The minimum absolute atomic E-state index is 0.382. The highest BCUT2D eigenvalue weighted by atomic mass is 16.5. The van der Waals surface area contributed by atoms with Gasteiger partial charge in [-0.25, -0.2) is 0 Å². The molecule has 0 heterocycles. The predicted octanol–water partition coefficient (Wildman–Crippen LogP) is 2.47. The number of carbonyl (C=O) groups is 2. The van der Waals surface area contributed by atoms with Crippen LogP contribution in [0, 0.1) is 11.3 Å². The van der Waals surface area contributed by atoms with E-state index in [1.807, 2.05) is 54.6 Å². The lowest BCUT2D eigenvalue weighted by Crippen LogP contribution is -2.28. The smallest absolute Gasteiger partial charge is 0.312 e. The molecule has 5 nitrogen and oxygen atoms in total. The van der Waals surface area contributed by atoms with Gasteiger partial charge in [-0.1, -0.05) is 42.5 Å². The summed E-state index contributed by atoms with van der Waals surface area (Å²) in [7, 11) is 1.33. The summed E-state index contributed by atoms with van der Waals surface area (Å²) in [4.78, 5) is 23.7. The van der Waals surface area contributed by atoms with Crippen LogP contribution in [0.25, 0.3) is 0 Å². The average molecular weight is 339 g/mol. The number of primary amides is 1. The van der Waals surface area contributed by atoms with Gasteiger partial charge in [0, 0.05) is 0 Å². The lowest BCUT2D eigenvalue weighted by molar-refractivity contribution is -0.148. The van der Waals surface area contributed by atoms with Crippen molar-refractivity contribution in [3.63, 3.8) is 0 Å². The highest BCUT2D eigenvalue weighted by Gasteiger charge is 2.63. The molecule has 2 N–H and O–H groups in total. The number of methoxy groups -OCH3 is 1. The van der Waals surface area contributed by atoms with Gasteiger partial charge in [0.05, 0.1) is 18.4 Å². The average Bonchev–Trinajstić information content (AvgIpc) is 3.36. The highest BCUT2D eigenvalue weighted by molar-refractivity contribution is 5.92. The predicted molar refractivity (Wildman–Crippen MR) is 92.7 cm³/mol. The summed E-state index contributed by atoms with van der Waals surface area (Å²) in [5.74, 6) is -0.583. The van der Waals surface area contributed by atoms with E-state index in [2.05, 4.69) is 0 Å². The number of hydrogen-bond donors (Lipinski definition) is 1. The van der Waals surface area contributed by atoms with Gasteiger partial charge in [0.15, 0.2) is 0 Å². The SMILES string of the molecule is COC(=O)C1(Cc2cccc(OCc3ccccc3)c2)CC1C(N)=O. The van der Waals surface area contributed by atoms with Gasteiger partial charge in [0.25, 0.3) is 0 Å². The normalized spacial score (nSPS) is 21.4. The summed E-state index contributed by atoms with van der Waals surface area (Å²) < 4.78 is 10.7. The van der Waals surface area contributed by atoms with E-state index < -0.39 is 17.2 Å². The fourth-order valence-electron chi connectivity index (χ4n) is 3.23. The molecule has 130 valence electrons. The van der Waals surface area contributed by atoms with E-state index in [4.69, 9.17) is 15.2 Å². The van der Waals surface area contributed by atoms with Crippen LogP contribution < -0.4 is 10.5 Å². The lowest BCUT2D eigenvalue weighted by atomic mass is 9.93. The number of hydrogen-bond acceptors (Lipinski definition) is 4. The second-order valence-corrected chi connectivity index (χ2v) is 6.41. The fourth-order valence-corrected chi connectivity index (χ4v) is 3.23. The molecule has 25 heavy (non-hydrogen) atoms. The molecular weight excluding hydrogens is 318 g/mol. The summed E-state index contributed by atoms with van der Waals surface area (Å²) in [6.07, 6.45) is 0.847. The third kappa shape index (κ3) is 3.65. The Bertz CT molecular complexity index is 774. The number of ether oxygens (including phenoxy) is 2. The standard InChI is InChI=1S/C20H21NO4/c1-24-19(23)20(12-17(20)18(21)22)11-15-8-5-9-16(10-15)25-13-14-6-3-2-4-7-14/h2-10,17H,11-13H2,1H3,(H2,21,22). The molecule has 3 rings (SSSR count). The minimum Gasteiger partial charge on any atom is -0.489 e. The molecule has 1 saturated carbocycles. The Hall–Kier alpha value is -2.82. The molecule has 2 unspecified atom stereocenters. The fraction of sp³-hybridized carbons (Fsp3) is 0.300. The van der Waals surface area contributed by atoms with E-state index in [1.54, 1.807) is 0 Å². The number of benzene rings is 2. The van der Waals surface area contributed by atoms with Crippen molar-refractivity contribution < 1.29 is 19.1 Å². The second-order valence-electron chi connectivity index (χ2n) is 6.41. The first-order chi connectivity index (χ1) is 12.0. The Labute approximate surface area is 146 Å². The molecule has 0 aliphatic heterocycles. The largest absolute Gasteiger partial charge is 0.489 e. The van der Waals surface area contributed by atoms with Gasteiger partial charge in [-0.2, -0.15) is 0 Å². The van der Waals surface area contributed by atoms with Gasteiger partial charge < -0.3 is 15.2 Å². The molecule has 0 saturated heterocycles. The Morgan fingerprint density at radius 3 is 2.48 bits per heavy atom. The van der Waals surface area contributed by atoms with E-state index in [-0.39, 0.29) is 5.97 Å². The minimum atomic E-state index is -0.835. The van der Waals surface area contributed by atoms with E-state index >= 15 is 0 Å². The molecule has 1 fully saturated rings. The topological polar surface area (TPSA) is 78.6 Å².